The Labute approximate surface area is 133 Å². The lowest BCUT2D eigenvalue weighted by atomic mass is 10.2. The van der Waals surface area contributed by atoms with Crippen molar-refractivity contribution >= 4 is 39.5 Å². The molecule has 0 aliphatic heterocycles. The summed E-state index contributed by atoms with van der Waals surface area (Å²) >= 11 is 9.25. The molecule has 0 unspecified atom stereocenters. The van der Waals surface area contributed by atoms with Crippen LogP contribution in [0.4, 0.5) is 0 Å². The molecule has 0 radical (unpaired) electrons. The van der Waals surface area contributed by atoms with E-state index in [0.29, 0.717) is 15.1 Å². The summed E-state index contributed by atoms with van der Waals surface area (Å²) in [5, 5.41) is 0.435. The molecule has 0 fully saturated rings. The molecular weight excluding hydrogens is 366 g/mol. The fourth-order valence-electron chi connectivity index (χ4n) is 1.54. The zero-order valence-electron chi connectivity index (χ0n) is 11.0. The van der Waals surface area contributed by atoms with Gasteiger partial charge in [-0.1, -0.05) is 11.6 Å². The maximum Gasteiger partial charge on any atom is 0.376 e. The first kappa shape index (κ1) is 15.5. The van der Waals surface area contributed by atoms with Gasteiger partial charge < -0.3 is 13.9 Å². The zero-order valence-corrected chi connectivity index (χ0v) is 13.3. The molecule has 0 amide bonds. The smallest absolute Gasteiger partial charge is 0.376 e. The number of carbonyl (C=O) groups excluding carboxylic acids is 2. The van der Waals surface area contributed by atoms with E-state index < -0.39 is 11.9 Å². The number of oxazole rings is 1. The van der Waals surface area contributed by atoms with E-state index in [9.17, 15) is 9.59 Å². The molecule has 0 saturated carbocycles. The Morgan fingerprint density at radius 1 is 1.24 bits per heavy atom. The highest BCUT2D eigenvalue weighted by molar-refractivity contribution is 9.10. The first-order valence-corrected chi connectivity index (χ1v) is 6.78. The fourth-order valence-corrected chi connectivity index (χ4v) is 1.97. The number of halogens is 2. The molecular formula is C13H9BrClNO5. The molecule has 21 heavy (non-hydrogen) atoms. The summed E-state index contributed by atoms with van der Waals surface area (Å²) in [5.74, 6) is -1.88. The van der Waals surface area contributed by atoms with Crippen molar-refractivity contribution < 1.29 is 23.5 Å². The zero-order chi connectivity index (χ0) is 15.6. The molecule has 0 atom stereocenters. The van der Waals surface area contributed by atoms with Crippen LogP contribution >= 0.6 is 27.5 Å². The second kappa shape index (κ2) is 6.28. The quantitative estimate of drug-likeness (QED) is 0.767. The predicted octanol–water partition coefficient (Wildman–Crippen LogP) is 3.33. The predicted molar refractivity (Wildman–Crippen MR) is 77.3 cm³/mol. The molecule has 0 N–H and O–H groups in total. The third-order valence-corrected chi connectivity index (χ3v) is 3.78. The lowest BCUT2D eigenvalue weighted by Gasteiger charge is -1.98. The summed E-state index contributed by atoms with van der Waals surface area (Å²) in [4.78, 5) is 27.2. The summed E-state index contributed by atoms with van der Waals surface area (Å²) in [6.45, 7) is 0. The number of esters is 2. The summed E-state index contributed by atoms with van der Waals surface area (Å²) in [7, 11) is 2.34. The van der Waals surface area contributed by atoms with Crippen LogP contribution < -0.4 is 0 Å². The number of benzene rings is 1. The number of hydrogen-bond acceptors (Lipinski definition) is 6. The van der Waals surface area contributed by atoms with E-state index in [0.717, 1.165) is 0 Å². The maximum atomic E-state index is 11.6. The van der Waals surface area contributed by atoms with Gasteiger partial charge in [-0.2, -0.15) is 0 Å². The minimum absolute atomic E-state index is 0.0604. The highest BCUT2D eigenvalue weighted by atomic mass is 79.9. The SMILES string of the molecule is COC(=O)c1nc(-c2ccc(Br)c(Cl)c2)oc1C(=O)OC. The first-order valence-electron chi connectivity index (χ1n) is 5.60. The second-order valence-corrected chi connectivity index (χ2v) is 5.07. The van der Waals surface area contributed by atoms with Gasteiger partial charge in [0.05, 0.1) is 19.2 Å². The van der Waals surface area contributed by atoms with Crippen molar-refractivity contribution in [3.8, 4) is 11.5 Å². The highest BCUT2D eigenvalue weighted by Gasteiger charge is 2.27. The van der Waals surface area contributed by atoms with Crippen LogP contribution in [0.3, 0.4) is 0 Å². The van der Waals surface area contributed by atoms with Gasteiger partial charge in [0.2, 0.25) is 17.3 Å². The average Bonchev–Trinajstić information content (AvgIpc) is 2.93. The molecule has 1 heterocycles. The third kappa shape index (κ3) is 3.08. The van der Waals surface area contributed by atoms with E-state index in [4.69, 9.17) is 16.0 Å². The minimum atomic E-state index is -0.822. The maximum absolute atomic E-state index is 11.6. The van der Waals surface area contributed by atoms with Crippen molar-refractivity contribution in [1.82, 2.24) is 4.98 Å². The van der Waals surface area contributed by atoms with Crippen LogP contribution in [0.15, 0.2) is 27.1 Å². The van der Waals surface area contributed by atoms with Crippen molar-refractivity contribution in [2.75, 3.05) is 14.2 Å². The topological polar surface area (TPSA) is 78.6 Å². The molecule has 2 rings (SSSR count). The van der Waals surface area contributed by atoms with Gasteiger partial charge in [0, 0.05) is 10.0 Å². The number of carbonyl (C=O) groups is 2. The van der Waals surface area contributed by atoms with Crippen LogP contribution in [0.5, 0.6) is 0 Å². The van der Waals surface area contributed by atoms with Gasteiger partial charge in [0.15, 0.2) is 0 Å². The molecule has 2 aromatic rings. The summed E-state index contributed by atoms with van der Waals surface area (Å²) < 4.78 is 15.1. The molecule has 1 aromatic carbocycles. The average molecular weight is 375 g/mol. The molecule has 0 bridgehead atoms. The van der Waals surface area contributed by atoms with Crippen molar-refractivity contribution in [2.24, 2.45) is 0 Å². The molecule has 110 valence electrons. The van der Waals surface area contributed by atoms with Crippen LogP contribution in [-0.4, -0.2) is 31.1 Å². The Hall–Kier alpha value is -1.86. The van der Waals surface area contributed by atoms with Gasteiger partial charge in [-0.05, 0) is 34.1 Å². The van der Waals surface area contributed by atoms with Gasteiger partial charge in [-0.3, -0.25) is 0 Å². The van der Waals surface area contributed by atoms with E-state index in [1.54, 1.807) is 18.2 Å². The van der Waals surface area contributed by atoms with Crippen molar-refractivity contribution in [2.45, 2.75) is 0 Å². The largest absolute Gasteiger partial charge is 0.464 e. The van der Waals surface area contributed by atoms with Crippen LogP contribution in [-0.2, 0) is 9.47 Å². The number of methoxy groups -OCH3 is 2. The molecule has 0 spiro atoms. The van der Waals surface area contributed by atoms with Crippen molar-refractivity contribution in [3.63, 3.8) is 0 Å². The van der Waals surface area contributed by atoms with E-state index in [1.807, 2.05) is 0 Å². The summed E-state index contributed by atoms with van der Waals surface area (Å²) in [5.41, 5.74) is 0.252. The molecule has 0 aliphatic carbocycles. The number of aromatic nitrogens is 1. The van der Waals surface area contributed by atoms with Crippen LogP contribution in [0.25, 0.3) is 11.5 Å². The van der Waals surface area contributed by atoms with Gasteiger partial charge in [0.1, 0.15) is 0 Å². The Balaban J connectivity index is 2.55. The second-order valence-electron chi connectivity index (χ2n) is 3.81. The Bertz CT molecular complexity index is 679. The number of ether oxygens (including phenoxy) is 2. The van der Waals surface area contributed by atoms with Crippen LogP contribution in [0.2, 0.25) is 5.02 Å². The lowest BCUT2D eigenvalue weighted by molar-refractivity contribution is 0.0527. The molecule has 1 aromatic heterocycles. The van der Waals surface area contributed by atoms with Gasteiger partial charge in [-0.15, -0.1) is 0 Å². The standard InChI is InChI=1S/C13H9BrClNO5/c1-19-12(17)9-10(13(18)20-2)21-11(16-9)6-3-4-7(14)8(15)5-6/h3-5H,1-2H3. The van der Waals surface area contributed by atoms with E-state index in [-0.39, 0.29) is 17.3 Å². The Morgan fingerprint density at radius 3 is 2.48 bits per heavy atom. The Kier molecular flexibility index (Phi) is 4.64. The minimum Gasteiger partial charge on any atom is -0.464 e. The highest BCUT2D eigenvalue weighted by Crippen LogP contribution is 2.29. The van der Waals surface area contributed by atoms with Crippen molar-refractivity contribution in [1.29, 1.82) is 0 Å². The molecule has 6 nitrogen and oxygen atoms in total. The summed E-state index contributed by atoms with van der Waals surface area (Å²) in [6.07, 6.45) is 0. The van der Waals surface area contributed by atoms with E-state index >= 15 is 0 Å². The summed E-state index contributed by atoms with van der Waals surface area (Å²) in [6, 6.07) is 4.95. The van der Waals surface area contributed by atoms with Crippen molar-refractivity contribution in [3.05, 3.63) is 39.1 Å². The number of rotatable bonds is 3. The number of nitrogens with zero attached hydrogens (tertiary/aromatic N) is 1. The first-order chi connectivity index (χ1) is 9.97. The molecule has 8 heteroatoms. The molecule has 0 aliphatic rings. The molecule has 0 saturated heterocycles. The lowest BCUT2D eigenvalue weighted by Crippen LogP contribution is -2.10. The van der Waals surface area contributed by atoms with Crippen LogP contribution in [0.1, 0.15) is 21.0 Å². The third-order valence-electron chi connectivity index (χ3n) is 2.54. The van der Waals surface area contributed by atoms with Gasteiger partial charge in [-0.25, -0.2) is 14.6 Å². The number of hydrogen-bond donors (Lipinski definition) is 0. The van der Waals surface area contributed by atoms with E-state index in [1.165, 1.54) is 14.2 Å². The van der Waals surface area contributed by atoms with Crippen LogP contribution in [0, 0.1) is 0 Å². The Morgan fingerprint density at radius 2 is 1.90 bits per heavy atom. The van der Waals surface area contributed by atoms with Gasteiger partial charge in [0.25, 0.3) is 0 Å². The fraction of sp³-hybridized carbons (Fsp3) is 0.154. The van der Waals surface area contributed by atoms with E-state index in [2.05, 4.69) is 30.4 Å². The normalized spacial score (nSPS) is 10.3. The van der Waals surface area contributed by atoms with Gasteiger partial charge >= 0.3 is 11.9 Å². The monoisotopic (exact) mass is 373 g/mol.